The highest BCUT2D eigenvalue weighted by atomic mass is 35.5. The van der Waals surface area contributed by atoms with Gasteiger partial charge in [0.15, 0.2) is 0 Å². The summed E-state index contributed by atoms with van der Waals surface area (Å²) in [7, 11) is 0. The molecule has 0 aliphatic heterocycles. The van der Waals surface area contributed by atoms with Crippen LogP contribution < -0.4 is 5.73 Å². The van der Waals surface area contributed by atoms with Crippen LogP contribution in [-0.2, 0) is 0 Å². The average molecular weight is 271 g/mol. The molecule has 0 spiro atoms. The zero-order valence-corrected chi connectivity index (χ0v) is 10.3. The molecule has 0 radical (unpaired) electrons. The van der Waals surface area contributed by atoms with Crippen LogP contribution in [-0.4, -0.2) is 19.9 Å². The third-order valence-electron chi connectivity index (χ3n) is 2.68. The molecule has 0 unspecified atom stereocenters. The number of aromatic nitrogens is 4. The number of anilines is 1. The Morgan fingerprint density at radius 1 is 1.32 bits per heavy atom. The number of hydrogen-bond donors (Lipinski definition) is 2. The largest absolute Gasteiger partial charge is 0.368 e. The molecule has 3 N–H and O–H groups in total. The second-order valence-electron chi connectivity index (χ2n) is 3.85. The van der Waals surface area contributed by atoms with Gasteiger partial charge in [-0.05, 0) is 6.07 Å². The van der Waals surface area contributed by atoms with Gasteiger partial charge < -0.3 is 10.7 Å². The number of aromatic amines is 1. The zero-order chi connectivity index (χ0) is 13.4. The summed E-state index contributed by atoms with van der Waals surface area (Å²) in [6, 6.07) is 3.80. The Bertz CT molecular complexity index is 817. The maximum Gasteiger partial charge on any atom is 0.220 e. The SMILES string of the molecule is N#Cc1cnc(N)nc1-c1c[nH]c2ncc(Cl)cc12. The molecule has 7 heteroatoms. The van der Waals surface area contributed by atoms with Gasteiger partial charge in [-0.25, -0.2) is 15.0 Å². The molecule has 3 aromatic rings. The van der Waals surface area contributed by atoms with E-state index in [1.807, 2.05) is 6.07 Å². The normalized spacial score (nSPS) is 10.5. The number of H-pyrrole nitrogens is 1. The molecule has 92 valence electrons. The number of pyridine rings is 1. The minimum absolute atomic E-state index is 0.110. The van der Waals surface area contributed by atoms with E-state index in [4.69, 9.17) is 22.6 Å². The van der Waals surface area contributed by atoms with Gasteiger partial charge in [-0.2, -0.15) is 5.26 Å². The Morgan fingerprint density at radius 3 is 2.95 bits per heavy atom. The van der Waals surface area contributed by atoms with Crippen molar-refractivity contribution in [2.75, 3.05) is 5.73 Å². The fourth-order valence-electron chi connectivity index (χ4n) is 1.86. The van der Waals surface area contributed by atoms with E-state index in [9.17, 15) is 0 Å². The van der Waals surface area contributed by atoms with E-state index in [2.05, 4.69) is 19.9 Å². The summed E-state index contributed by atoms with van der Waals surface area (Å²) in [5.74, 6) is 0.110. The van der Waals surface area contributed by atoms with Crippen LogP contribution in [0.25, 0.3) is 22.3 Å². The van der Waals surface area contributed by atoms with E-state index >= 15 is 0 Å². The standard InChI is InChI=1S/C12H7ClN6/c13-7-1-8-9(5-17-11(8)16-4-7)10-6(2-14)3-18-12(15)19-10/h1,3-5H,(H,16,17)(H2,15,18,19). The van der Waals surface area contributed by atoms with Crippen molar-refractivity contribution in [3.63, 3.8) is 0 Å². The number of nitriles is 1. The monoisotopic (exact) mass is 270 g/mol. The van der Waals surface area contributed by atoms with Crippen LogP contribution in [0.15, 0.2) is 24.7 Å². The highest BCUT2D eigenvalue weighted by Gasteiger charge is 2.14. The maximum atomic E-state index is 9.11. The molecule has 0 aliphatic carbocycles. The lowest BCUT2D eigenvalue weighted by molar-refractivity contribution is 1.17. The summed E-state index contributed by atoms with van der Waals surface area (Å²) < 4.78 is 0. The quantitative estimate of drug-likeness (QED) is 0.705. The average Bonchev–Trinajstić information content (AvgIpc) is 2.81. The van der Waals surface area contributed by atoms with E-state index in [1.54, 1.807) is 18.5 Å². The molecule has 3 aromatic heterocycles. The fourth-order valence-corrected chi connectivity index (χ4v) is 2.01. The van der Waals surface area contributed by atoms with Gasteiger partial charge in [0.25, 0.3) is 0 Å². The first-order chi connectivity index (χ1) is 9.19. The van der Waals surface area contributed by atoms with Gasteiger partial charge in [0.05, 0.1) is 22.5 Å². The van der Waals surface area contributed by atoms with E-state index < -0.39 is 0 Å². The Labute approximate surface area is 112 Å². The van der Waals surface area contributed by atoms with Crippen LogP contribution in [0.3, 0.4) is 0 Å². The van der Waals surface area contributed by atoms with Gasteiger partial charge in [0.2, 0.25) is 5.95 Å². The number of nitrogen functional groups attached to an aromatic ring is 1. The van der Waals surface area contributed by atoms with Crippen LogP contribution in [0.5, 0.6) is 0 Å². The van der Waals surface area contributed by atoms with E-state index in [1.165, 1.54) is 6.20 Å². The first-order valence-corrected chi connectivity index (χ1v) is 5.72. The third-order valence-corrected chi connectivity index (χ3v) is 2.89. The number of fused-ring (bicyclic) bond motifs is 1. The molecule has 0 fully saturated rings. The molecule has 0 saturated heterocycles. The Morgan fingerprint density at radius 2 is 2.16 bits per heavy atom. The maximum absolute atomic E-state index is 9.11. The van der Waals surface area contributed by atoms with Crippen LogP contribution in [0, 0.1) is 11.3 Å². The summed E-state index contributed by atoms with van der Waals surface area (Å²) >= 11 is 5.94. The molecule has 19 heavy (non-hydrogen) atoms. The lowest BCUT2D eigenvalue weighted by Crippen LogP contribution is -1.98. The van der Waals surface area contributed by atoms with Crippen molar-refractivity contribution in [2.45, 2.75) is 0 Å². The van der Waals surface area contributed by atoms with Crippen molar-refractivity contribution in [2.24, 2.45) is 0 Å². The smallest absolute Gasteiger partial charge is 0.220 e. The summed E-state index contributed by atoms with van der Waals surface area (Å²) in [4.78, 5) is 15.1. The molecule has 0 aliphatic rings. The van der Waals surface area contributed by atoms with Crippen molar-refractivity contribution in [3.05, 3.63) is 35.2 Å². The first-order valence-electron chi connectivity index (χ1n) is 5.34. The van der Waals surface area contributed by atoms with E-state index in [0.29, 0.717) is 21.9 Å². The Balaban J connectivity index is 2.33. The van der Waals surface area contributed by atoms with Crippen molar-refractivity contribution >= 4 is 28.6 Å². The summed E-state index contributed by atoms with van der Waals surface area (Å²) in [6.07, 6.45) is 4.66. The van der Waals surface area contributed by atoms with E-state index in [-0.39, 0.29) is 5.95 Å². The van der Waals surface area contributed by atoms with Gasteiger partial charge in [-0.1, -0.05) is 11.6 Å². The molecule has 3 heterocycles. The molecular formula is C12H7ClN6. The lowest BCUT2D eigenvalue weighted by Gasteiger charge is -2.02. The van der Waals surface area contributed by atoms with Crippen molar-refractivity contribution in [1.29, 1.82) is 5.26 Å². The fraction of sp³-hybridized carbons (Fsp3) is 0. The van der Waals surface area contributed by atoms with Gasteiger partial charge in [0, 0.05) is 23.3 Å². The van der Waals surface area contributed by atoms with Crippen LogP contribution in [0.1, 0.15) is 5.56 Å². The summed E-state index contributed by atoms with van der Waals surface area (Å²) in [5, 5.41) is 10.4. The molecule has 0 atom stereocenters. The number of nitrogens with one attached hydrogen (secondary N) is 1. The predicted octanol–water partition coefficient (Wildman–Crippen LogP) is 2.13. The lowest BCUT2D eigenvalue weighted by atomic mass is 10.1. The number of halogens is 1. The molecule has 0 amide bonds. The van der Waals surface area contributed by atoms with Gasteiger partial charge >= 0.3 is 0 Å². The van der Waals surface area contributed by atoms with Gasteiger partial charge in [0.1, 0.15) is 11.7 Å². The number of nitrogens with zero attached hydrogens (tertiary/aromatic N) is 4. The topological polar surface area (TPSA) is 104 Å². The Kier molecular flexibility index (Phi) is 2.54. The molecule has 0 bridgehead atoms. The summed E-state index contributed by atoms with van der Waals surface area (Å²) in [5.41, 5.74) is 7.77. The number of rotatable bonds is 1. The Hall–Kier alpha value is -2.65. The van der Waals surface area contributed by atoms with Gasteiger partial charge in [-0.15, -0.1) is 0 Å². The molecule has 6 nitrogen and oxygen atoms in total. The van der Waals surface area contributed by atoms with Gasteiger partial charge in [-0.3, -0.25) is 0 Å². The van der Waals surface area contributed by atoms with Crippen LogP contribution >= 0.6 is 11.6 Å². The molecular weight excluding hydrogens is 264 g/mol. The molecule has 0 saturated carbocycles. The minimum Gasteiger partial charge on any atom is -0.368 e. The van der Waals surface area contributed by atoms with Crippen LogP contribution in [0.4, 0.5) is 5.95 Å². The van der Waals surface area contributed by atoms with Crippen molar-refractivity contribution in [3.8, 4) is 17.3 Å². The molecule has 3 rings (SSSR count). The number of nitrogens with two attached hydrogens (primary N) is 1. The van der Waals surface area contributed by atoms with Crippen molar-refractivity contribution < 1.29 is 0 Å². The van der Waals surface area contributed by atoms with E-state index in [0.717, 1.165) is 10.9 Å². The zero-order valence-electron chi connectivity index (χ0n) is 9.55. The van der Waals surface area contributed by atoms with Crippen LogP contribution in [0.2, 0.25) is 5.02 Å². The second-order valence-corrected chi connectivity index (χ2v) is 4.29. The second kappa shape index (κ2) is 4.23. The first kappa shape index (κ1) is 11.4. The summed E-state index contributed by atoms with van der Waals surface area (Å²) in [6.45, 7) is 0. The highest BCUT2D eigenvalue weighted by Crippen LogP contribution is 2.30. The van der Waals surface area contributed by atoms with Crippen molar-refractivity contribution in [1.82, 2.24) is 19.9 Å². The third kappa shape index (κ3) is 1.86. The highest BCUT2D eigenvalue weighted by molar-refractivity contribution is 6.31. The number of hydrogen-bond acceptors (Lipinski definition) is 5. The predicted molar refractivity (Wildman–Crippen MR) is 71.3 cm³/mol. The minimum atomic E-state index is 0.110. The molecule has 0 aromatic carbocycles.